The Morgan fingerprint density at radius 2 is 2.22 bits per heavy atom. The molecule has 0 fully saturated rings. The van der Waals surface area contributed by atoms with Crippen molar-refractivity contribution in [2.45, 2.75) is 6.92 Å². The van der Waals surface area contributed by atoms with E-state index in [4.69, 9.17) is 9.15 Å². The maximum atomic E-state index is 13.9. The Labute approximate surface area is 132 Å². The van der Waals surface area contributed by atoms with Crippen molar-refractivity contribution in [3.8, 4) is 5.75 Å². The summed E-state index contributed by atoms with van der Waals surface area (Å²) in [6.45, 7) is 2.06. The number of ether oxygens (including phenoxy) is 1. The van der Waals surface area contributed by atoms with Crippen LogP contribution in [-0.4, -0.2) is 24.5 Å². The van der Waals surface area contributed by atoms with Crippen molar-refractivity contribution < 1.29 is 18.3 Å². The van der Waals surface area contributed by atoms with Gasteiger partial charge in [-0.2, -0.15) is 0 Å². The number of furan rings is 1. The minimum atomic E-state index is -0.559. The molecule has 2 aromatic heterocycles. The lowest BCUT2D eigenvalue weighted by Crippen LogP contribution is -2.31. The molecule has 23 heavy (non-hydrogen) atoms. The number of halogens is 1. The Morgan fingerprint density at radius 3 is 2.91 bits per heavy atom. The molecular weight excluding hydrogens is 299 g/mol. The van der Waals surface area contributed by atoms with Gasteiger partial charge < -0.3 is 14.1 Å². The second-order valence-electron chi connectivity index (χ2n) is 4.86. The first kappa shape index (κ1) is 15.0. The fraction of sp³-hybridized carbons (Fsp3) is 0.176. The molecule has 3 rings (SSSR count). The summed E-state index contributed by atoms with van der Waals surface area (Å²) in [7, 11) is 1.55. The summed E-state index contributed by atoms with van der Waals surface area (Å²) < 4.78 is 24.8. The zero-order valence-corrected chi connectivity index (χ0v) is 12.7. The number of hydrogen-bond donors (Lipinski definition) is 0. The Bertz CT molecular complexity index is 860. The molecule has 0 saturated heterocycles. The molecule has 0 aliphatic rings. The molecule has 0 aliphatic carbocycles. The topological polar surface area (TPSA) is 55.6 Å². The molecular formula is C17H15FN2O3. The van der Waals surface area contributed by atoms with Crippen LogP contribution < -0.4 is 9.64 Å². The number of rotatable bonds is 4. The van der Waals surface area contributed by atoms with Crippen molar-refractivity contribution in [3.05, 3.63) is 54.3 Å². The maximum Gasteiger partial charge on any atom is 0.294 e. The van der Waals surface area contributed by atoms with Gasteiger partial charge in [0.05, 0.1) is 24.4 Å². The van der Waals surface area contributed by atoms with Crippen LogP contribution in [0.1, 0.15) is 17.5 Å². The summed E-state index contributed by atoms with van der Waals surface area (Å²) in [6.07, 6.45) is 2.52. The highest BCUT2D eigenvalue weighted by molar-refractivity contribution is 6.06. The van der Waals surface area contributed by atoms with E-state index in [1.54, 1.807) is 38.3 Å². The molecule has 0 atom stereocenters. The van der Waals surface area contributed by atoms with Crippen molar-refractivity contribution in [1.82, 2.24) is 4.98 Å². The van der Waals surface area contributed by atoms with E-state index in [1.807, 2.05) is 0 Å². The van der Waals surface area contributed by atoms with Crippen LogP contribution in [0.5, 0.6) is 5.75 Å². The van der Waals surface area contributed by atoms with Crippen molar-refractivity contribution in [2.24, 2.45) is 0 Å². The average molecular weight is 314 g/mol. The number of carbonyl (C=O) groups excluding carboxylic acids is 1. The van der Waals surface area contributed by atoms with E-state index < -0.39 is 11.7 Å². The zero-order chi connectivity index (χ0) is 16.4. The molecule has 3 aromatic rings. The van der Waals surface area contributed by atoms with Gasteiger partial charge in [0, 0.05) is 18.8 Å². The van der Waals surface area contributed by atoms with Crippen LogP contribution in [0.3, 0.4) is 0 Å². The molecule has 0 bridgehead atoms. The van der Waals surface area contributed by atoms with E-state index >= 15 is 0 Å². The number of amides is 1. The maximum absolute atomic E-state index is 13.9. The normalized spacial score (nSPS) is 10.7. The second kappa shape index (κ2) is 6.08. The Kier molecular flexibility index (Phi) is 3.97. The first-order valence-electron chi connectivity index (χ1n) is 7.13. The summed E-state index contributed by atoms with van der Waals surface area (Å²) in [5.74, 6) is -0.238. The minimum Gasteiger partial charge on any atom is -0.496 e. The molecule has 2 heterocycles. The second-order valence-corrected chi connectivity index (χ2v) is 4.86. The highest BCUT2D eigenvalue weighted by atomic mass is 19.1. The van der Waals surface area contributed by atoms with Crippen LogP contribution in [0.25, 0.3) is 11.0 Å². The lowest BCUT2D eigenvalue weighted by atomic mass is 10.2. The smallest absolute Gasteiger partial charge is 0.294 e. The van der Waals surface area contributed by atoms with E-state index in [-0.39, 0.29) is 11.4 Å². The first-order valence-corrected chi connectivity index (χ1v) is 7.13. The number of aromatic nitrogens is 1. The van der Waals surface area contributed by atoms with Gasteiger partial charge >= 0.3 is 0 Å². The zero-order valence-electron chi connectivity index (χ0n) is 12.7. The standard InChI is InChI=1S/C17H15FN2O3/c1-3-20(13-7-8-19-10-12(13)18)17(21)16-9-11-14(22-2)5-4-6-15(11)23-16/h4-10H,3H2,1-2H3. The van der Waals surface area contributed by atoms with Gasteiger partial charge in [-0.25, -0.2) is 4.39 Å². The van der Waals surface area contributed by atoms with Crippen LogP contribution >= 0.6 is 0 Å². The summed E-state index contributed by atoms with van der Waals surface area (Å²) in [5.41, 5.74) is 0.707. The molecule has 5 nitrogen and oxygen atoms in total. The summed E-state index contributed by atoms with van der Waals surface area (Å²) >= 11 is 0. The monoisotopic (exact) mass is 314 g/mol. The van der Waals surface area contributed by atoms with Gasteiger partial charge in [0.25, 0.3) is 5.91 Å². The average Bonchev–Trinajstić information content (AvgIpc) is 3.01. The van der Waals surface area contributed by atoms with Crippen molar-refractivity contribution in [2.75, 3.05) is 18.6 Å². The third-order valence-corrected chi connectivity index (χ3v) is 3.56. The van der Waals surface area contributed by atoms with E-state index in [2.05, 4.69) is 4.98 Å². The molecule has 0 spiro atoms. The third-order valence-electron chi connectivity index (χ3n) is 3.56. The van der Waals surface area contributed by atoms with Crippen LogP contribution in [0.2, 0.25) is 0 Å². The van der Waals surface area contributed by atoms with Gasteiger partial charge in [0.2, 0.25) is 0 Å². The largest absolute Gasteiger partial charge is 0.496 e. The molecule has 6 heteroatoms. The first-order chi connectivity index (χ1) is 11.2. The molecule has 0 radical (unpaired) electrons. The number of hydrogen-bond acceptors (Lipinski definition) is 4. The number of benzene rings is 1. The fourth-order valence-electron chi connectivity index (χ4n) is 2.46. The Morgan fingerprint density at radius 1 is 1.39 bits per heavy atom. The fourth-order valence-corrected chi connectivity index (χ4v) is 2.46. The number of fused-ring (bicyclic) bond motifs is 1. The molecule has 0 unspecified atom stereocenters. The van der Waals surface area contributed by atoms with Gasteiger partial charge in [0.15, 0.2) is 11.6 Å². The van der Waals surface area contributed by atoms with Gasteiger partial charge in [-0.15, -0.1) is 0 Å². The van der Waals surface area contributed by atoms with Crippen molar-refractivity contribution >= 4 is 22.6 Å². The number of carbonyl (C=O) groups is 1. The van der Waals surface area contributed by atoms with Gasteiger partial charge in [-0.1, -0.05) is 6.07 Å². The van der Waals surface area contributed by atoms with Crippen LogP contribution in [0.4, 0.5) is 10.1 Å². The predicted molar refractivity (Wildman–Crippen MR) is 84.3 cm³/mol. The summed E-state index contributed by atoms with van der Waals surface area (Å²) in [6, 6.07) is 8.38. The lowest BCUT2D eigenvalue weighted by molar-refractivity contribution is 0.0963. The highest BCUT2D eigenvalue weighted by Crippen LogP contribution is 2.30. The summed E-state index contributed by atoms with van der Waals surface area (Å²) in [4.78, 5) is 17.7. The van der Waals surface area contributed by atoms with Gasteiger partial charge in [-0.3, -0.25) is 9.78 Å². The van der Waals surface area contributed by atoms with E-state index in [0.29, 0.717) is 23.3 Å². The van der Waals surface area contributed by atoms with Gasteiger partial charge in [0.1, 0.15) is 11.3 Å². The molecule has 0 saturated carbocycles. The van der Waals surface area contributed by atoms with E-state index in [1.165, 1.54) is 17.2 Å². The third kappa shape index (κ3) is 2.63. The predicted octanol–water partition coefficient (Wildman–Crippen LogP) is 3.64. The SMILES string of the molecule is CCN(C(=O)c1cc2c(OC)cccc2o1)c1ccncc1F. The highest BCUT2D eigenvalue weighted by Gasteiger charge is 2.23. The molecule has 0 N–H and O–H groups in total. The molecule has 1 aromatic carbocycles. The van der Waals surface area contributed by atoms with Gasteiger partial charge in [-0.05, 0) is 25.1 Å². The lowest BCUT2D eigenvalue weighted by Gasteiger charge is -2.19. The van der Waals surface area contributed by atoms with Crippen LogP contribution in [0, 0.1) is 5.82 Å². The Balaban J connectivity index is 2.03. The molecule has 118 valence electrons. The number of nitrogens with zero attached hydrogens (tertiary/aromatic N) is 2. The number of pyridine rings is 1. The summed E-state index contributed by atoms with van der Waals surface area (Å²) in [5, 5.41) is 0.699. The Hall–Kier alpha value is -2.89. The molecule has 0 aliphatic heterocycles. The number of anilines is 1. The van der Waals surface area contributed by atoms with Crippen molar-refractivity contribution in [3.63, 3.8) is 0 Å². The van der Waals surface area contributed by atoms with E-state index in [0.717, 1.165) is 6.20 Å². The van der Waals surface area contributed by atoms with Crippen molar-refractivity contribution in [1.29, 1.82) is 0 Å². The molecule has 1 amide bonds. The van der Waals surface area contributed by atoms with Crippen LogP contribution in [0.15, 0.2) is 47.1 Å². The minimum absolute atomic E-state index is 0.127. The van der Waals surface area contributed by atoms with E-state index in [9.17, 15) is 9.18 Å². The quantitative estimate of drug-likeness (QED) is 0.737. The van der Waals surface area contributed by atoms with Crippen LogP contribution in [-0.2, 0) is 0 Å². The number of methoxy groups -OCH3 is 1.